The van der Waals surface area contributed by atoms with Crippen molar-refractivity contribution in [2.45, 2.75) is 44.3 Å². The molecule has 146 valence electrons. The Bertz CT molecular complexity index is 1110. The van der Waals surface area contributed by atoms with E-state index in [2.05, 4.69) is 32.4 Å². The molecule has 28 heavy (non-hydrogen) atoms. The van der Waals surface area contributed by atoms with Crippen LogP contribution in [0, 0.1) is 0 Å². The number of hydrogen-bond donors (Lipinski definition) is 1. The van der Waals surface area contributed by atoms with Crippen LogP contribution in [0.5, 0.6) is 11.5 Å². The van der Waals surface area contributed by atoms with E-state index in [1.165, 1.54) is 12.1 Å². The minimum absolute atomic E-state index is 0. The number of carbonyl (C=O) groups excluding carboxylic acids is 1. The van der Waals surface area contributed by atoms with Crippen LogP contribution < -0.4 is 9.47 Å². The number of ether oxygens (including phenoxy) is 2. The summed E-state index contributed by atoms with van der Waals surface area (Å²) >= 11 is 0. The molecular formula is C21H20F2N2O3. The lowest BCUT2D eigenvalue weighted by Crippen LogP contribution is -2.26. The van der Waals surface area contributed by atoms with Crippen molar-refractivity contribution in [2.75, 3.05) is 0 Å². The van der Waals surface area contributed by atoms with Gasteiger partial charge in [0.1, 0.15) is 5.78 Å². The number of rotatable bonds is 5. The first-order valence-electron chi connectivity index (χ1n) is 9.29. The summed E-state index contributed by atoms with van der Waals surface area (Å²) in [6, 6.07) is 8.60. The molecule has 1 aliphatic carbocycles. The molecule has 0 bridgehead atoms. The molecule has 1 aromatic carbocycles. The van der Waals surface area contributed by atoms with Gasteiger partial charge in [0.2, 0.25) is 0 Å². The summed E-state index contributed by atoms with van der Waals surface area (Å²) in [5, 5.41) is 1.03. The Balaban J connectivity index is 0.00000205. The first kappa shape index (κ1) is 17.2. The highest BCUT2D eigenvalue weighted by Gasteiger charge is 2.52. The summed E-state index contributed by atoms with van der Waals surface area (Å²) in [6.07, 6.45) is 0.569. The molecule has 0 radical (unpaired) electrons. The Kier molecular flexibility index (Phi) is 3.53. The van der Waals surface area contributed by atoms with Gasteiger partial charge in [-0.25, -0.2) is 0 Å². The van der Waals surface area contributed by atoms with Gasteiger partial charge in [0.25, 0.3) is 0 Å². The number of aromatic amines is 1. The second-order valence-electron chi connectivity index (χ2n) is 7.42. The Morgan fingerprint density at radius 2 is 2.00 bits per heavy atom. The van der Waals surface area contributed by atoms with Gasteiger partial charge in [0, 0.05) is 24.6 Å². The minimum Gasteiger partial charge on any atom is -0.395 e. The number of pyridine rings is 1. The molecule has 5 rings (SSSR count). The fourth-order valence-electron chi connectivity index (χ4n) is 3.86. The first-order chi connectivity index (χ1) is 13.4. The fraction of sp³-hybridized carbons (Fsp3) is 0.333. The summed E-state index contributed by atoms with van der Waals surface area (Å²) in [5.74, 6) is 0.0000620. The molecule has 3 heterocycles. The van der Waals surface area contributed by atoms with Gasteiger partial charge >= 0.3 is 6.29 Å². The van der Waals surface area contributed by atoms with Crippen LogP contribution in [0.2, 0.25) is 0 Å². The van der Waals surface area contributed by atoms with E-state index in [1.54, 1.807) is 12.3 Å². The smallest absolute Gasteiger partial charge is 0.395 e. The zero-order chi connectivity index (χ0) is 19.5. The van der Waals surface area contributed by atoms with Crippen molar-refractivity contribution in [3.05, 3.63) is 53.5 Å². The van der Waals surface area contributed by atoms with E-state index >= 15 is 0 Å². The van der Waals surface area contributed by atoms with Gasteiger partial charge in [-0.05, 0) is 49.1 Å². The van der Waals surface area contributed by atoms with Crippen molar-refractivity contribution in [1.82, 2.24) is 9.97 Å². The van der Waals surface area contributed by atoms with Crippen LogP contribution in [-0.4, -0.2) is 22.0 Å². The maximum Gasteiger partial charge on any atom is 0.586 e. The maximum absolute atomic E-state index is 13.3. The number of nitrogens with one attached hydrogen (secondary N) is 1. The number of aryl methyl sites for hydroxylation is 1. The lowest BCUT2D eigenvalue weighted by atomic mass is 9.88. The van der Waals surface area contributed by atoms with E-state index in [4.69, 9.17) is 0 Å². The second kappa shape index (κ2) is 5.77. The molecule has 1 N–H and O–H groups in total. The normalized spacial score (nSPS) is 18.4. The monoisotopic (exact) mass is 386 g/mol. The zero-order valence-corrected chi connectivity index (χ0v) is 15.2. The third-order valence-corrected chi connectivity index (χ3v) is 5.58. The van der Waals surface area contributed by atoms with Crippen molar-refractivity contribution in [1.29, 1.82) is 0 Å². The van der Waals surface area contributed by atoms with Gasteiger partial charge in [-0.1, -0.05) is 13.0 Å². The van der Waals surface area contributed by atoms with Crippen LogP contribution >= 0.6 is 0 Å². The molecule has 3 aromatic rings. The predicted molar refractivity (Wildman–Crippen MR) is 99.9 cm³/mol. The van der Waals surface area contributed by atoms with Gasteiger partial charge in [0.05, 0.1) is 17.1 Å². The van der Waals surface area contributed by atoms with Crippen molar-refractivity contribution >= 4 is 16.7 Å². The summed E-state index contributed by atoms with van der Waals surface area (Å²) < 4.78 is 35.5. The molecule has 0 saturated heterocycles. The van der Waals surface area contributed by atoms with Gasteiger partial charge in [-0.2, -0.15) is 0 Å². The number of alkyl halides is 2. The quantitative estimate of drug-likeness (QED) is 0.699. The first-order valence-corrected chi connectivity index (χ1v) is 9.29. The number of hydrogen-bond acceptors (Lipinski definition) is 4. The minimum atomic E-state index is -3.66. The second-order valence-corrected chi connectivity index (χ2v) is 7.42. The number of nitrogens with zero attached hydrogens (tertiary/aromatic N) is 1. The third-order valence-electron chi connectivity index (χ3n) is 5.58. The summed E-state index contributed by atoms with van der Waals surface area (Å²) in [5.41, 5.74) is 2.81. The Morgan fingerprint density at radius 1 is 1.21 bits per heavy atom. The van der Waals surface area contributed by atoms with E-state index in [0.717, 1.165) is 23.0 Å². The summed E-state index contributed by atoms with van der Waals surface area (Å²) in [4.78, 5) is 20.8. The van der Waals surface area contributed by atoms with E-state index in [0.29, 0.717) is 24.1 Å². The highest BCUT2D eigenvalue weighted by atomic mass is 19.3. The van der Waals surface area contributed by atoms with Crippen molar-refractivity contribution in [3.63, 3.8) is 0 Å². The van der Waals surface area contributed by atoms with Crippen LogP contribution in [0.3, 0.4) is 0 Å². The zero-order valence-electron chi connectivity index (χ0n) is 15.2. The molecular weight excluding hydrogens is 366 g/mol. The summed E-state index contributed by atoms with van der Waals surface area (Å²) in [7, 11) is 0. The Hall–Kier alpha value is -2.96. The molecule has 2 aromatic heterocycles. The van der Waals surface area contributed by atoms with Crippen LogP contribution in [-0.2, 0) is 23.1 Å². The van der Waals surface area contributed by atoms with Crippen LogP contribution in [0.1, 0.15) is 38.1 Å². The van der Waals surface area contributed by atoms with Crippen molar-refractivity contribution in [2.24, 2.45) is 0 Å². The average Bonchev–Trinajstić information content (AvgIpc) is 3.26. The topological polar surface area (TPSA) is 64.2 Å². The van der Waals surface area contributed by atoms with E-state index in [9.17, 15) is 13.6 Å². The number of H-pyrrole nitrogens is 1. The van der Waals surface area contributed by atoms with Crippen molar-refractivity contribution in [3.8, 4) is 11.5 Å². The van der Waals surface area contributed by atoms with Crippen molar-refractivity contribution < 1.29 is 24.5 Å². The van der Waals surface area contributed by atoms with E-state index in [1.807, 2.05) is 6.07 Å². The fourth-order valence-corrected chi connectivity index (χ4v) is 3.86. The van der Waals surface area contributed by atoms with Gasteiger partial charge in [-0.15, -0.1) is 8.78 Å². The number of aromatic nitrogens is 2. The van der Waals surface area contributed by atoms with E-state index < -0.39 is 11.7 Å². The Morgan fingerprint density at radius 3 is 2.75 bits per heavy atom. The number of fused-ring (bicyclic) bond motifs is 2. The van der Waals surface area contributed by atoms with Crippen LogP contribution in [0.25, 0.3) is 10.9 Å². The number of halogens is 2. The van der Waals surface area contributed by atoms with Crippen LogP contribution in [0.15, 0.2) is 36.5 Å². The molecule has 0 unspecified atom stereocenters. The molecule has 0 spiro atoms. The SMILES string of the molecule is CCc1cc2cc(CC(=O)C3(c4ccc5c(c4)OC(F)(F)O5)CC3)ncc2[nH]1.[HH]. The average molecular weight is 386 g/mol. The van der Waals surface area contributed by atoms with Gasteiger partial charge < -0.3 is 14.5 Å². The molecule has 2 aliphatic rings. The van der Waals surface area contributed by atoms with E-state index in [-0.39, 0.29) is 25.1 Å². The molecule has 0 amide bonds. The number of ketones is 1. The highest BCUT2D eigenvalue weighted by molar-refractivity contribution is 5.95. The largest absolute Gasteiger partial charge is 0.586 e. The third kappa shape index (κ3) is 2.73. The highest BCUT2D eigenvalue weighted by Crippen LogP contribution is 2.52. The molecule has 5 nitrogen and oxygen atoms in total. The van der Waals surface area contributed by atoms with Gasteiger partial charge in [-0.3, -0.25) is 9.78 Å². The number of benzene rings is 1. The molecule has 1 fully saturated rings. The predicted octanol–water partition coefficient (Wildman–Crippen LogP) is 4.54. The van der Waals surface area contributed by atoms with Gasteiger partial charge in [0.15, 0.2) is 11.5 Å². The number of carbonyl (C=O) groups is 1. The summed E-state index contributed by atoms with van der Waals surface area (Å²) in [6.45, 7) is 2.07. The molecule has 0 atom stereocenters. The Labute approximate surface area is 161 Å². The lowest BCUT2D eigenvalue weighted by molar-refractivity contribution is -0.286. The molecule has 1 aliphatic heterocycles. The molecule has 1 saturated carbocycles. The standard InChI is InChI=1S/C21H18F2N2O3.H2/c1-2-14-7-12-8-15(24-11-16(12)25-14)10-19(26)20(5-6-20)13-3-4-17-18(9-13)28-21(22,23)27-17;/h3-4,7-9,11,25H,2,5-6,10H2,1H3;1H. The van der Waals surface area contributed by atoms with Crippen LogP contribution in [0.4, 0.5) is 8.78 Å². The maximum atomic E-state index is 13.3. The molecule has 7 heteroatoms. The lowest BCUT2D eigenvalue weighted by Gasteiger charge is -2.15. The number of Topliss-reactive ketones (excluding diaryl/α,β-unsaturated/α-hetero) is 1.